The SMILES string of the molecule is Cc1ccccc1N1C(N)=NCC1C(C)c1ccccc1. The molecule has 0 aliphatic carbocycles. The van der Waals surface area contributed by atoms with Crippen molar-refractivity contribution in [3.8, 4) is 0 Å². The van der Waals surface area contributed by atoms with Crippen molar-refractivity contribution in [2.75, 3.05) is 11.4 Å². The van der Waals surface area contributed by atoms with E-state index in [9.17, 15) is 0 Å². The maximum Gasteiger partial charge on any atom is 0.196 e. The van der Waals surface area contributed by atoms with Crippen molar-refractivity contribution in [3.05, 3.63) is 65.7 Å². The highest BCUT2D eigenvalue weighted by Crippen LogP contribution is 2.32. The van der Waals surface area contributed by atoms with Crippen LogP contribution in [0.15, 0.2) is 59.6 Å². The smallest absolute Gasteiger partial charge is 0.196 e. The number of aryl methyl sites for hydroxylation is 1. The Morgan fingerprint density at radius 1 is 1.10 bits per heavy atom. The number of hydrogen-bond donors (Lipinski definition) is 1. The standard InChI is InChI=1S/C18H21N3/c1-13-8-6-7-11-16(13)21-17(12-20-18(21)19)14(2)15-9-4-3-5-10-15/h3-11,14,17H,12H2,1-2H3,(H2,19,20). The molecule has 1 aliphatic heterocycles. The van der Waals surface area contributed by atoms with Crippen molar-refractivity contribution in [2.24, 2.45) is 10.7 Å². The number of benzene rings is 2. The molecule has 2 unspecified atom stereocenters. The van der Waals surface area contributed by atoms with Gasteiger partial charge in [-0.05, 0) is 24.1 Å². The topological polar surface area (TPSA) is 41.6 Å². The summed E-state index contributed by atoms with van der Waals surface area (Å²) < 4.78 is 0. The van der Waals surface area contributed by atoms with Gasteiger partial charge >= 0.3 is 0 Å². The van der Waals surface area contributed by atoms with Gasteiger partial charge in [0.15, 0.2) is 5.96 Å². The second kappa shape index (κ2) is 5.60. The lowest BCUT2D eigenvalue weighted by molar-refractivity contribution is 0.594. The molecule has 0 aromatic heterocycles. The largest absolute Gasteiger partial charge is 0.370 e. The Morgan fingerprint density at radius 2 is 1.76 bits per heavy atom. The van der Waals surface area contributed by atoms with E-state index >= 15 is 0 Å². The van der Waals surface area contributed by atoms with Crippen LogP contribution in [0, 0.1) is 6.92 Å². The van der Waals surface area contributed by atoms with Gasteiger partial charge in [-0.3, -0.25) is 4.99 Å². The normalized spacial score (nSPS) is 19.4. The highest BCUT2D eigenvalue weighted by atomic mass is 15.3. The van der Waals surface area contributed by atoms with Crippen LogP contribution < -0.4 is 10.6 Å². The third-order valence-corrected chi connectivity index (χ3v) is 4.30. The Kier molecular flexibility index (Phi) is 3.65. The summed E-state index contributed by atoms with van der Waals surface area (Å²) in [7, 11) is 0. The minimum atomic E-state index is 0.272. The molecule has 108 valence electrons. The molecular weight excluding hydrogens is 258 g/mol. The van der Waals surface area contributed by atoms with Crippen molar-refractivity contribution >= 4 is 11.6 Å². The van der Waals surface area contributed by atoms with Crippen LogP contribution in [0.5, 0.6) is 0 Å². The average molecular weight is 279 g/mol. The number of nitrogens with two attached hydrogens (primary N) is 1. The molecule has 0 bridgehead atoms. The molecule has 0 saturated heterocycles. The molecule has 0 amide bonds. The third-order valence-electron chi connectivity index (χ3n) is 4.30. The predicted molar refractivity (Wildman–Crippen MR) is 88.8 cm³/mol. The first-order valence-corrected chi connectivity index (χ1v) is 7.38. The summed E-state index contributed by atoms with van der Waals surface area (Å²) in [5, 5.41) is 0. The highest BCUT2D eigenvalue weighted by molar-refractivity contribution is 5.98. The molecule has 2 aromatic rings. The second-order valence-electron chi connectivity index (χ2n) is 5.62. The number of anilines is 1. The van der Waals surface area contributed by atoms with E-state index in [1.54, 1.807) is 0 Å². The number of rotatable bonds is 3. The molecule has 3 nitrogen and oxygen atoms in total. The van der Waals surface area contributed by atoms with Crippen LogP contribution in [-0.2, 0) is 0 Å². The van der Waals surface area contributed by atoms with Gasteiger partial charge in [-0.2, -0.15) is 0 Å². The minimum Gasteiger partial charge on any atom is -0.370 e. The van der Waals surface area contributed by atoms with Crippen LogP contribution in [0.2, 0.25) is 0 Å². The highest BCUT2D eigenvalue weighted by Gasteiger charge is 2.33. The first kappa shape index (κ1) is 13.7. The van der Waals surface area contributed by atoms with Crippen molar-refractivity contribution in [1.29, 1.82) is 0 Å². The molecule has 3 rings (SSSR count). The molecular formula is C18H21N3. The summed E-state index contributed by atoms with van der Waals surface area (Å²) in [6.45, 7) is 5.11. The van der Waals surface area contributed by atoms with Crippen LogP contribution in [-0.4, -0.2) is 18.5 Å². The molecule has 1 heterocycles. The molecule has 0 fully saturated rings. The first-order valence-electron chi connectivity index (χ1n) is 7.38. The minimum absolute atomic E-state index is 0.272. The zero-order valence-corrected chi connectivity index (χ0v) is 12.5. The van der Waals surface area contributed by atoms with Crippen molar-refractivity contribution in [1.82, 2.24) is 0 Å². The summed E-state index contributed by atoms with van der Waals surface area (Å²) in [6.07, 6.45) is 0. The van der Waals surface area contributed by atoms with E-state index in [1.165, 1.54) is 11.1 Å². The average Bonchev–Trinajstić information content (AvgIpc) is 2.89. The number of para-hydroxylation sites is 1. The van der Waals surface area contributed by atoms with Gasteiger partial charge in [0.2, 0.25) is 0 Å². The molecule has 2 N–H and O–H groups in total. The maximum atomic E-state index is 6.16. The molecule has 0 saturated carbocycles. The van der Waals surface area contributed by atoms with E-state index in [1.807, 2.05) is 0 Å². The van der Waals surface area contributed by atoms with Gasteiger partial charge < -0.3 is 10.6 Å². The molecule has 2 aromatic carbocycles. The van der Waals surface area contributed by atoms with Gasteiger partial charge in [0.25, 0.3) is 0 Å². The van der Waals surface area contributed by atoms with Crippen LogP contribution in [0.1, 0.15) is 24.0 Å². The van der Waals surface area contributed by atoms with Gasteiger partial charge in [-0.1, -0.05) is 55.5 Å². The molecule has 3 heteroatoms. The summed E-state index contributed by atoms with van der Waals surface area (Å²) in [5.41, 5.74) is 9.87. The summed E-state index contributed by atoms with van der Waals surface area (Å²) in [6, 6.07) is 19.2. The molecule has 0 spiro atoms. The fourth-order valence-electron chi connectivity index (χ4n) is 3.01. The van der Waals surface area contributed by atoms with E-state index < -0.39 is 0 Å². The predicted octanol–water partition coefficient (Wildman–Crippen LogP) is 3.30. The van der Waals surface area contributed by atoms with Gasteiger partial charge in [-0.15, -0.1) is 0 Å². The fraction of sp³-hybridized carbons (Fsp3) is 0.278. The van der Waals surface area contributed by atoms with Crippen molar-refractivity contribution in [3.63, 3.8) is 0 Å². The van der Waals surface area contributed by atoms with E-state index in [4.69, 9.17) is 5.73 Å². The first-order chi connectivity index (χ1) is 10.2. The van der Waals surface area contributed by atoms with Crippen molar-refractivity contribution < 1.29 is 0 Å². The van der Waals surface area contributed by atoms with E-state index in [2.05, 4.69) is 78.3 Å². The Balaban J connectivity index is 1.95. The summed E-state index contributed by atoms with van der Waals surface area (Å²) in [4.78, 5) is 6.67. The fourth-order valence-corrected chi connectivity index (χ4v) is 3.01. The zero-order chi connectivity index (χ0) is 14.8. The maximum absolute atomic E-state index is 6.16. The Bertz CT molecular complexity index is 649. The molecule has 0 radical (unpaired) electrons. The van der Waals surface area contributed by atoms with Crippen LogP contribution in [0.4, 0.5) is 5.69 Å². The van der Waals surface area contributed by atoms with E-state index in [0.29, 0.717) is 11.9 Å². The molecule has 21 heavy (non-hydrogen) atoms. The quantitative estimate of drug-likeness (QED) is 0.936. The lowest BCUT2D eigenvalue weighted by Crippen LogP contribution is -2.43. The number of aliphatic imine (C=N–C) groups is 1. The van der Waals surface area contributed by atoms with E-state index in [-0.39, 0.29) is 6.04 Å². The van der Waals surface area contributed by atoms with Gasteiger partial charge in [0, 0.05) is 11.6 Å². The summed E-state index contributed by atoms with van der Waals surface area (Å²) >= 11 is 0. The third kappa shape index (κ3) is 2.51. The lowest BCUT2D eigenvalue weighted by atomic mass is 9.92. The van der Waals surface area contributed by atoms with Gasteiger partial charge in [0.1, 0.15) is 0 Å². The monoisotopic (exact) mass is 279 g/mol. The summed E-state index contributed by atoms with van der Waals surface area (Å²) in [5.74, 6) is 0.993. The zero-order valence-electron chi connectivity index (χ0n) is 12.5. The van der Waals surface area contributed by atoms with E-state index in [0.717, 1.165) is 12.2 Å². The Hall–Kier alpha value is -2.29. The van der Waals surface area contributed by atoms with Crippen LogP contribution in [0.3, 0.4) is 0 Å². The number of guanidine groups is 1. The lowest BCUT2D eigenvalue weighted by Gasteiger charge is -2.32. The molecule has 1 aliphatic rings. The van der Waals surface area contributed by atoms with Gasteiger partial charge in [0.05, 0.1) is 12.6 Å². The van der Waals surface area contributed by atoms with Crippen LogP contribution >= 0.6 is 0 Å². The Morgan fingerprint density at radius 3 is 2.48 bits per heavy atom. The second-order valence-corrected chi connectivity index (χ2v) is 5.62. The number of hydrogen-bond acceptors (Lipinski definition) is 3. The Labute approximate surface area is 126 Å². The van der Waals surface area contributed by atoms with Gasteiger partial charge in [-0.25, -0.2) is 0 Å². The van der Waals surface area contributed by atoms with Crippen LogP contribution in [0.25, 0.3) is 0 Å². The van der Waals surface area contributed by atoms with Crippen molar-refractivity contribution in [2.45, 2.75) is 25.8 Å². The molecule has 2 atom stereocenters. The number of nitrogens with zero attached hydrogens (tertiary/aromatic N) is 2.